The Kier molecular flexibility index (Phi) is 3.63. The Balaban J connectivity index is 1.69. The number of fused-ring (bicyclic) bond motifs is 4. The van der Waals surface area contributed by atoms with Gasteiger partial charge >= 0.3 is 0 Å². The average Bonchev–Trinajstić information content (AvgIpc) is 3.05. The zero-order valence-corrected chi connectivity index (χ0v) is 14.0. The van der Waals surface area contributed by atoms with Crippen molar-refractivity contribution in [2.45, 2.75) is 25.3 Å². The van der Waals surface area contributed by atoms with Crippen LogP contribution >= 0.6 is 0 Å². The number of hydrogen-bond donors (Lipinski definition) is 0. The van der Waals surface area contributed by atoms with E-state index in [0.29, 0.717) is 0 Å². The Morgan fingerprint density at radius 1 is 1.33 bits per heavy atom. The molecule has 1 amide bonds. The summed E-state index contributed by atoms with van der Waals surface area (Å²) >= 11 is 0. The summed E-state index contributed by atoms with van der Waals surface area (Å²) in [4.78, 5) is 21.9. The maximum absolute atomic E-state index is 13.3. The number of pyridine rings is 1. The van der Waals surface area contributed by atoms with Gasteiger partial charge in [0.15, 0.2) is 0 Å². The fourth-order valence-corrected chi connectivity index (χ4v) is 3.75. The lowest BCUT2D eigenvalue weighted by molar-refractivity contribution is -0.120. The molecule has 2 aromatic rings. The summed E-state index contributed by atoms with van der Waals surface area (Å²) in [5, 5.41) is 0. The molecule has 2 aliphatic heterocycles. The molecule has 1 aromatic heterocycles. The first-order chi connectivity index (χ1) is 11.7. The first-order valence-corrected chi connectivity index (χ1v) is 8.35. The highest BCUT2D eigenvalue weighted by atomic mass is 16.5. The van der Waals surface area contributed by atoms with Gasteiger partial charge in [-0.25, -0.2) is 0 Å². The molecular formula is C19H21N3O2. The molecule has 0 aliphatic carbocycles. The Bertz CT molecular complexity index is 777. The molecule has 2 aliphatic rings. The summed E-state index contributed by atoms with van der Waals surface area (Å²) in [5.74, 6) is 0.706. The van der Waals surface area contributed by atoms with Gasteiger partial charge in [0.05, 0.1) is 36.6 Å². The van der Waals surface area contributed by atoms with Crippen molar-refractivity contribution in [3.8, 4) is 5.75 Å². The number of anilines is 2. The van der Waals surface area contributed by atoms with Crippen LogP contribution in [0.4, 0.5) is 11.4 Å². The maximum atomic E-state index is 13.3. The van der Waals surface area contributed by atoms with E-state index in [1.807, 2.05) is 48.4 Å². The molecule has 124 valence electrons. The van der Waals surface area contributed by atoms with Crippen molar-refractivity contribution in [2.75, 3.05) is 30.0 Å². The number of aromatic nitrogens is 1. The summed E-state index contributed by atoms with van der Waals surface area (Å²) in [6.07, 6.45) is 4.64. The molecule has 2 unspecified atom stereocenters. The molecule has 4 rings (SSSR count). The Morgan fingerprint density at radius 3 is 3.04 bits per heavy atom. The average molecular weight is 323 g/mol. The molecule has 1 fully saturated rings. The smallest absolute Gasteiger partial charge is 0.234 e. The third-order valence-electron chi connectivity index (χ3n) is 5.11. The molecule has 0 saturated carbocycles. The SMILES string of the molecule is COc1cccc(C(C)C(=O)N2c3ccncc3N3CCC2C3)c1. The fraction of sp³-hybridized carbons (Fsp3) is 0.368. The minimum absolute atomic E-state index is 0.141. The monoisotopic (exact) mass is 323 g/mol. The first kappa shape index (κ1) is 15.0. The minimum Gasteiger partial charge on any atom is -0.497 e. The Labute approximate surface area is 141 Å². The highest BCUT2D eigenvalue weighted by Gasteiger charge is 2.40. The van der Waals surface area contributed by atoms with Gasteiger partial charge in [0, 0.05) is 19.3 Å². The van der Waals surface area contributed by atoms with Gasteiger partial charge < -0.3 is 14.5 Å². The van der Waals surface area contributed by atoms with E-state index in [-0.39, 0.29) is 17.9 Å². The standard InChI is InChI=1S/C19H21N3O2/c1-13(14-4-3-5-16(10-14)24-2)19(23)22-15-7-9-21(12-15)18-11-20-8-6-17(18)22/h3-6,8,10-11,13,15H,7,9,12H2,1-2H3. The van der Waals surface area contributed by atoms with Crippen LogP contribution in [-0.4, -0.2) is 37.1 Å². The van der Waals surface area contributed by atoms with Gasteiger partial charge in [0.1, 0.15) is 5.75 Å². The number of hydrogen-bond acceptors (Lipinski definition) is 4. The molecule has 2 atom stereocenters. The van der Waals surface area contributed by atoms with E-state index in [1.165, 1.54) is 0 Å². The van der Waals surface area contributed by atoms with Crippen molar-refractivity contribution in [1.82, 2.24) is 4.98 Å². The molecule has 1 aromatic carbocycles. The lowest BCUT2D eigenvalue weighted by Crippen LogP contribution is -2.47. The quantitative estimate of drug-likeness (QED) is 0.871. The second-order valence-corrected chi connectivity index (χ2v) is 6.46. The second-order valence-electron chi connectivity index (χ2n) is 6.46. The van der Waals surface area contributed by atoms with Crippen molar-refractivity contribution in [3.05, 3.63) is 48.3 Å². The predicted molar refractivity (Wildman–Crippen MR) is 93.8 cm³/mol. The fourth-order valence-electron chi connectivity index (χ4n) is 3.75. The lowest BCUT2D eigenvalue weighted by atomic mass is 9.97. The van der Waals surface area contributed by atoms with Gasteiger partial charge in [-0.15, -0.1) is 0 Å². The van der Waals surface area contributed by atoms with Crippen molar-refractivity contribution < 1.29 is 9.53 Å². The molecule has 0 spiro atoms. The molecule has 0 radical (unpaired) electrons. The Hall–Kier alpha value is -2.56. The molecule has 5 heteroatoms. The number of methoxy groups -OCH3 is 1. The van der Waals surface area contributed by atoms with Crippen LogP contribution in [0.15, 0.2) is 42.7 Å². The van der Waals surface area contributed by atoms with Crippen molar-refractivity contribution in [3.63, 3.8) is 0 Å². The topological polar surface area (TPSA) is 45.7 Å². The number of rotatable bonds is 3. The molecule has 2 bridgehead atoms. The van der Waals surface area contributed by atoms with Gasteiger partial charge in [-0.05, 0) is 37.1 Å². The number of nitrogens with zero attached hydrogens (tertiary/aromatic N) is 3. The number of benzene rings is 1. The summed E-state index contributed by atoms with van der Waals surface area (Å²) in [7, 11) is 1.65. The minimum atomic E-state index is -0.215. The van der Waals surface area contributed by atoms with Crippen LogP contribution in [0.5, 0.6) is 5.75 Å². The van der Waals surface area contributed by atoms with Crippen LogP contribution < -0.4 is 14.5 Å². The van der Waals surface area contributed by atoms with Gasteiger partial charge in [0.2, 0.25) is 5.91 Å². The molecular weight excluding hydrogens is 302 g/mol. The predicted octanol–water partition coefficient (Wildman–Crippen LogP) is 2.82. The third-order valence-corrected chi connectivity index (χ3v) is 5.11. The summed E-state index contributed by atoms with van der Waals surface area (Å²) in [6.45, 7) is 3.86. The summed E-state index contributed by atoms with van der Waals surface area (Å²) < 4.78 is 5.30. The van der Waals surface area contributed by atoms with E-state index in [1.54, 1.807) is 13.3 Å². The summed E-state index contributed by atoms with van der Waals surface area (Å²) in [6, 6.07) is 9.97. The highest BCUT2D eigenvalue weighted by Crippen LogP contribution is 2.40. The molecule has 3 heterocycles. The second kappa shape index (κ2) is 5.82. The zero-order valence-electron chi connectivity index (χ0n) is 14.0. The number of ether oxygens (including phenoxy) is 1. The highest BCUT2D eigenvalue weighted by molar-refractivity contribution is 6.02. The number of carbonyl (C=O) groups excluding carboxylic acids is 1. The zero-order chi connectivity index (χ0) is 16.7. The van der Waals surface area contributed by atoms with Crippen molar-refractivity contribution in [2.24, 2.45) is 0 Å². The number of amides is 1. The largest absolute Gasteiger partial charge is 0.497 e. The maximum Gasteiger partial charge on any atom is 0.234 e. The van der Waals surface area contributed by atoms with E-state index in [4.69, 9.17) is 4.74 Å². The van der Waals surface area contributed by atoms with Crippen molar-refractivity contribution >= 4 is 17.3 Å². The van der Waals surface area contributed by atoms with Crippen LogP contribution in [0.3, 0.4) is 0 Å². The van der Waals surface area contributed by atoms with Crippen LogP contribution in [-0.2, 0) is 4.79 Å². The van der Waals surface area contributed by atoms with Crippen LogP contribution in [0, 0.1) is 0 Å². The van der Waals surface area contributed by atoms with E-state index in [9.17, 15) is 4.79 Å². The van der Waals surface area contributed by atoms with Crippen LogP contribution in [0.2, 0.25) is 0 Å². The lowest BCUT2D eigenvalue weighted by Gasteiger charge is -2.37. The van der Waals surface area contributed by atoms with E-state index in [2.05, 4.69) is 9.88 Å². The first-order valence-electron chi connectivity index (χ1n) is 8.35. The molecule has 1 saturated heterocycles. The van der Waals surface area contributed by atoms with Gasteiger partial charge in [-0.1, -0.05) is 12.1 Å². The van der Waals surface area contributed by atoms with Crippen LogP contribution in [0.1, 0.15) is 24.8 Å². The van der Waals surface area contributed by atoms with E-state index < -0.39 is 0 Å². The van der Waals surface area contributed by atoms with Crippen LogP contribution in [0.25, 0.3) is 0 Å². The third kappa shape index (κ3) is 2.31. The normalized spacial score (nSPS) is 19.8. The van der Waals surface area contributed by atoms with Crippen molar-refractivity contribution in [1.29, 1.82) is 0 Å². The summed E-state index contributed by atoms with van der Waals surface area (Å²) in [5.41, 5.74) is 3.03. The molecule has 24 heavy (non-hydrogen) atoms. The van der Waals surface area contributed by atoms with Gasteiger partial charge in [0.25, 0.3) is 0 Å². The van der Waals surface area contributed by atoms with Gasteiger partial charge in [-0.2, -0.15) is 0 Å². The number of carbonyl (C=O) groups is 1. The van der Waals surface area contributed by atoms with E-state index in [0.717, 1.165) is 42.2 Å². The molecule has 0 N–H and O–H groups in total. The Morgan fingerprint density at radius 2 is 2.21 bits per heavy atom. The molecule has 5 nitrogen and oxygen atoms in total. The van der Waals surface area contributed by atoms with E-state index >= 15 is 0 Å². The van der Waals surface area contributed by atoms with Gasteiger partial charge in [-0.3, -0.25) is 9.78 Å².